The molecule has 2 atom stereocenters. The van der Waals surface area contributed by atoms with Gasteiger partial charge in [-0.05, 0) is 58.0 Å². The molecule has 2 fully saturated rings. The standard InChI is InChI=1S/C39H38O6/c1-2-8-28-22-39(21-27(28)7-1,35-13-15-37(33-11-5-3-9-31(33)35)42-19-17-40-23-29-25-44-29)36-14-16-38(34-12-6-4-10-32(34)36)43-20-18-41-24-30-26-45-30/h1-16,29-30H,17-26H2. The van der Waals surface area contributed by atoms with Crippen molar-refractivity contribution in [3.8, 4) is 11.5 Å². The van der Waals surface area contributed by atoms with E-state index < -0.39 is 0 Å². The molecule has 1 aliphatic carbocycles. The second-order valence-electron chi connectivity index (χ2n) is 12.3. The maximum Gasteiger partial charge on any atom is 0.127 e. The predicted octanol–water partition coefficient (Wildman–Crippen LogP) is 6.67. The van der Waals surface area contributed by atoms with Crippen molar-refractivity contribution in [3.05, 3.63) is 119 Å². The molecule has 2 aliphatic heterocycles. The maximum absolute atomic E-state index is 6.30. The largest absolute Gasteiger partial charge is 0.491 e. The van der Waals surface area contributed by atoms with E-state index in [4.69, 9.17) is 28.4 Å². The Kier molecular flexibility index (Phi) is 7.89. The van der Waals surface area contributed by atoms with Crippen LogP contribution in [0.15, 0.2) is 97.1 Å². The molecule has 3 aliphatic rings. The third-order valence-electron chi connectivity index (χ3n) is 9.28. The Labute approximate surface area is 263 Å². The summed E-state index contributed by atoms with van der Waals surface area (Å²) in [5.74, 6) is 1.77. The molecular formula is C39H38O6. The van der Waals surface area contributed by atoms with Gasteiger partial charge in [0.25, 0.3) is 0 Å². The van der Waals surface area contributed by atoms with Gasteiger partial charge in [0.1, 0.15) is 36.9 Å². The number of rotatable bonds is 14. The van der Waals surface area contributed by atoms with E-state index in [0.29, 0.717) is 39.6 Å². The van der Waals surface area contributed by atoms with Gasteiger partial charge in [-0.3, -0.25) is 0 Å². The van der Waals surface area contributed by atoms with Gasteiger partial charge >= 0.3 is 0 Å². The van der Waals surface area contributed by atoms with E-state index in [0.717, 1.165) is 48.3 Å². The molecule has 2 saturated heterocycles. The zero-order chi connectivity index (χ0) is 30.1. The fourth-order valence-corrected chi connectivity index (χ4v) is 6.95. The number of ether oxygens (including phenoxy) is 6. The van der Waals surface area contributed by atoms with Crippen LogP contribution < -0.4 is 9.47 Å². The first-order valence-corrected chi connectivity index (χ1v) is 16.0. The molecule has 0 spiro atoms. The van der Waals surface area contributed by atoms with E-state index in [2.05, 4.69) is 97.1 Å². The topological polar surface area (TPSA) is 62.0 Å². The van der Waals surface area contributed by atoms with Crippen molar-refractivity contribution >= 4 is 21.5 Å². The summed E-state index contributed by atoms with van der Waals surface area (Å²) in [4.78, 5) is 0. The van der Waals surface area contributed by atoms with Crippen LogP contribution in [0.5, 0.6) is 11.5 Å². The van der Waals surface area contributed by atoms with Gasteiger partial charge in [-0.2, -0.15) is 0 Å². The molecule has 5 aromatic rings. The van der Waals surface area contributed by atoms with Gasteiger partial charge in [-0.1, -0.05) is 84.9 Å². The summed E-state index contributed by atoms with van der Waals surface area (Å²) < 4.78 is 34.6. The van der Waals surface area contributed by atoms with Crippen molar-refractivity contribution < 1.29 is 28.4 Å². The van der Waals surface area contributed by atoms with Gasteiger partial charge in [-0.25, -0.2) is 0 Å². The summed E-state index contributed by atoms with van der Waals surface area (Å²) in [6.45, 7) is 4.94. The predicted molar refractivity (Wildman–Crippen MR) is 175 cm³/mol. The van der Waals surface area contributed by atoms with E-state index in [-0.39, 0.29) is 17.6 Å². The number of epoxide rings is 2. The third kappa shape index (κ3) is 5.91. The number of hydrogen-bond donors (Lipinski definition) is 0. The molecule has 0 saturated carbocycles. The van der Waals surface area contributed by atoms with E-state index >= 15 is 0 Å². The molecule has 2 unspecified atom stereocenters. The molecule has 45 heavy (non-hydrogen) atoms. The Morgan fingerprint density at radius 3 is 1.38 bits per heavy atom. The molecule has 0 radical (unpaired) electrons. The highest BCUT2D eigenvalue weighted by molar-refractivity contribution is 5.96. The van der Waals surface area contributed by atoms with E-state index in [1.165, 1.54) is 33.0 Å². The van der Waals surface area contributed by atoms with Crippen molar-refractivity contribution in [1.82, 2.24) is 0 Å². The lowest BCUT2D eigenvalue weighted by molar-refractivity contribution is 0.0882. The minimum Gasteiger partial charge on any atom is -0.491 e. The summed E-state index contributed by atoms with van der Waals surface area (Å²) in [6.07, 6.45) is 2.36. The van der Waals surface area contributed by atoms with Crippen LogP contribution in [0.3, 0.4) is 0 Å². The van der Waals surface area contributed by atoms with E-state index in [1.807, 2.05) is 0 Å². The number of hydrogen-bond acceptors (Lipinski definition) is 6. The van der Waals surface area contributed by atoms with Crippen LogP contribution >= 0.6 is 0 Å². The molecule has 230 valence electrons. The van der Waals surface area contributed by atoms with Gasteiger partial charge < -0.3 is 28.4 Å². The highest BCUT2D eigenvalue weighted by Crippen LogP contribution is 2.50. The lowest BCUT2D eigenvalue weighted by Crippen LogP contribution is -2.29. The minimum absolute atomic E-state index is 0.259. The van der Waals surface area contributed by atoms with Crippen LogP contribution in [-0.2, 0) is 37.2 Å². The Hall–Kier alpha value is -3.94. The first-order chi connectivity index (χ1) is 22.3. The van der Waals surface area contributed by atoms with Crippen LogP contribution in [0.1, 0.15) is 22.3 Å². The number of benzene rings is 5. The molecule has 5 aromatic carbocycles. The summed E-state index contributed by atoms with van der Waals surface area (Å²) in [5, 5.41) is 4.68. The van der Waals surface area contributed by atoms with Gasteiger partial charge in [0.05, 0.1) is 39.6 Å². The normalized spacial score (nSPS) is 19.5. The van der Waals surface area contributed by atoms with Crippen molar-refractivity contribution in [2.45, 2.75) is 30.5 Å². The first kappa shape index (κ1) is 28.5. The molecule has 0 aromatic heterocycles. The second-order valence-corrected chi connectivity index (χ2v) is 12.3. The fourth-order valence-electron chi connectivity index (χ4n) is 6.95. The SMILES string of the molecule is c1ccc2c(c1)CC(c1ccc(OCCOCC3CO3)c3ccccc13)(c1ccc(OCCOCC3CO3)c3ccccc13)C2. The van der Waals surface area contributed by atoms with Gasteiger partial charge in [-0.15, -0.1) is 0 Å². The van der Waals surface area contributed by atoms with Crippen molar-refractivity contribution in [2.24, 2.45) is 0 Å². The Bertz CT molecular complexity index is 1670. The first-order valence-electron chi connectivity index (χ1n) is 16.0. The maximum atomic E-state index is 6.30. The summed E-state index contributed by atoms with van der Waals surface area (Å²) in [5.41, 5.74) is 5.18. The van der Waals surface area contributed by atoms with Crippen LogP contribution in [0.2, 0.25) is 0 Å². The van der Waals surface area contributed by atoms with E-state index in [1.54, 1.807) is 0 Å². The van der Waals surface area contributed by atoms with Crippen LogP contribution in [0, 0.1) is 0 Å². The molecule has 2 heterocycles. The highest BCUT2D eigenvalue weighted by atomic mass is 16.6. The average Bonchev–Trinajstić information content (AvgIpc) is 4.03. The zero-order valence-electron chi connectivity index (χ0n) is 25.4. The minimum atomic E-state index is -0.263. The smallest absolute Gasteiger partial charge is 0.127 e. The molecule has 6 heteroatoms. The molecule has 8 rings (SSSR count). The van der Waals surface area contributed by atoms with Gasteiger partial charge in [0.2, 0.25) is 0 Å². The van der Waals surface area contributed by atoms with Crippen LogP contribution in [0.4, 0.5) is 0 Å². The number of fused-ring (bicyclic) bond motifs is 3. The lowest BCUT2D eigenvalue weighted by atomic mass is 9.69. The molecule has 0 amide bonds. The summed E-state index contributed by atoms with van der Waals surface area (Å²) in [7, 11) is 0. The van der Waals surface area contributed by atoms with Gasteiger partial charge in [0.15, 0.2) is 0 Å². The zero-order valence-corrected chi connectivity index (χ0v) is 25.4. The van der Waals surface area contributed by atoms with Crippen molar-refractivity contribution in [3.63, 3.8) is 0 Å². The average molecular weight is 603 g/mol. The van der Waals surface area contributed by atoms with Crippen LogP contribution in [0.25, 0.3) is 21.5 Å². The monoisotopic (exact) mass is 602 g/mol. The molecule has 0 bridgehead atoms. The van der Waals surface area contributed by atoms with Crippen molar-refractivity contribution in [1.29, 1.82) is 0 Å². The van der Waals surface area contributed by atoms with Crippen LogP contribution in [-0.4, -0.2) is 65.1 Å². The summed E-state index contributed by atoms with van der Waals surface area (Å²) in [6, 6.07) is 35.1. The Morgan fingerprint density at radius 1 is 0.511 bits per heavy atom. The third-order valence-corrected chi connectivity index (χ3v) is 9.28. The Morgan fingerprint density at radius 2 is 0.933 bits per heavy atom. The second kappa shape index (κ2) is 12.5. The Balaban J connectivity index is 1.16. The highest BCUT2D eigenvalue weighted by Gasteiger charge is 2.42. The quantitative estimate of drug-likeness (QED) is 0.105. The molecular weight excluding hydrogens is 564 g/mol. The van der Waals surface area contributed by atoms with Crippen molar-refractivity contribution in [2.75, 3.05) is 52.9 Å². The molecule has 6 nitrogen and oxygen atoms in total. The van der Waals surface area contributed by atoms with Gasteiger partial charge in [0, 0.05) is 16.2 Å². The fraction of sp³-hybridized carbons (Fsp3) is 0.333. The summed E-state index contributed by atoms with van der Waals surface area (Å²) >= 11 is 0. The lowest BCUT2D eigenvalue weighted by Gasteiger charge is -2.34. The van der Waals surface area contributed by atoms with E-state index in [9.17, 15) is 0 Å². The molecule has 0 N–H and O–H groups in total.